The van der Waals surface area contributed by atoms with Crippen molar-refractivity contribution in [2.75, 3.05) is 7.11 Å². The minimum absolute atomic E-state index is 0.201. The summed E-state index contributed by atoms with van der Waals surface area (Å²) in [5, 5.41) is 12.2. The molecule has 0 bridgehead atoms. The van der Waals surface area contributed by atoms with E-state index >= 15 is 0 Å². The fourth-order valence-electron chi connectivity index (χ4n) is 6.55. The largest absolute Gasteiger partial charge is 0.459 e. The van der Waals surface area contributed by atoms with E-state index in [4.69, 9.17) is 23.7 Å². The molecule has 0 radical (unpaired) electrons. The van der Waals surface area contributed by atoms with Gasteiger partial charge in [0.05, 0.1) is 11.5 Å². The number of carbonyl (C=O) groups excluding carboxylic acids is 3. The number of methoxy groups -OCH3 is 1. The van der Waals surface area contributed by atoms with Gasteiger partial charge in [-0.1, -0.05) is 45.1 Å². The summed E-state index contributed by atoms with van der Waals surface area (Å²) < 4.78 is 29.0. The van der Waals surface area contributed by atoms with Crippen molar-refractivity contribution < 1.29 is 43.2 Å². The highest BCUT2D eigenvalue weighted by Crippen LogP contribution is 2.67. The number of esters is 3. The number of carbonyl (C=O) groups is 3. The summed E-state index contributed by atoms with van der Waals surface area (Å²) in [6.07, 6.45) is 2.34. The van der Waals surface area contributed by atoms with Crippen molar-refractivity contribution in [3.8, 4) is 0 Å². The maximum Gasteiger partial charge on any atom is 0.306 e. The van der Waals surface area contributed by atoms with Crippen molar-refractivity contribution in [1.29, 1.82) is 0 Å². The normalized spacial score (nSPS) is 38.4. The third-order valence-electron chi connectivity index (χ3n) is 8.69. The molecule has 0 aromatic carbocycles. The summed E-state index contributed by atoms with van der Waals surface area (Å²) in [4.78, 5) is 37.1. The molecule has 1 spiro atoms. The summed E-state index contributed by atoms with van der Waals surface area (Å²) in [6, 6.07) is 0. The van der Waals surface area contributed by atoms with Gasteiger partial charge in [-0.15, -0.1) is 0 Å². The second kappa shape index (κ2) is 11.7. The number of rotatable bonds is 9. The Hall–Kier alpha value is -2.49. The Morgan fingerprint density at radius 2 is 1.84 bits per heavy atom. The van der Waals surface area contributed by atoms with Gasteiger partial charge in [-0.2, -0.15) is 0 Å². The van der Waals surface area contributed by atoms with Crippen molar-refractivity contribution in [3.63, 3.8) is 0 Å². The molecule has 0 aromatic heterocycles. The molecule has 0 aromatic rings. The van der Waals surface area contributed by atoms with Crippen LogP contribution in [0.25, 0.3) is 0 Å². The van der Waals surface area contributed by atoms with Gasteiger partial charge in [-0.3, -0.25) is 19.1 Å². The molecule has 0 amide bonds. The topological polar surface area (TPSA) is 118 Å². The molecule has 9 nitrogen and oxygen atoms in total. The number of ether oxygens (including phenoxy) is 5. The zero-order chi connectivity index (χ0) is 28.4. The van der Waals surface area contributed by atoms with Gasteiger partial charge in [0.2, 0.25) is 12.6 Å². The predicted octanol–water partition coefficient (Wildman–Crippen LogP) is 3.99. The lowest BCUT2D eigenvalue weighted by Crippen LogP contribution is -2.68. The molecule has 1 heterocycles. The van der Waals surface area contributed by atoms with Crippen molar-refractivity contribution in [2.45, 2.75) is 98.1 Å². The SMILES string of the molecule is C=C/C(C)=C\C[C@]1(C)[C@H](C)[C@@H](OC(=O)CCC)[C@H](O)[C@@]23C(=C[C@H](OC)C[C@@H]12)[C@@H](OC(C)=O)O[C@H]3OC(C)=O. The number of hydrogen-bond donors (Lipinski definition) is 1. The van der Waals surface area contributed by atoms with E-state index in [1.807, 2.05) is 20.8 Å². The number of hydrogen-bond acceptors (Lipinski definition) is 9. The van der Waals surface area contributed by atoms with E-state index in [1.54, 1.807) is 19.3 Å². The first-order valence-electron chi connectivity index (χ1n) is 13.3. The molecule has 0 unspecified atom stereocenters. The molecule has 3 aliphatic rings. The summed E-state index contributed by atoms with van der Waals surface area (Å²) >= 11 is 0. The molecule has 1 saturated heterocycles. The van der Waals surface area contributed by atoms with Crippen LogP contribution in [0.4, 0.5) is 0 Å². The van der Waals surface area contributed by atoms with E-state index in [1.165, 1.54) is 13.8 Å². The molecule has 9 heteroatoms. The maximum absolute atomic E-state index is 12.8. The molecule has 1 N–H and O–H groups in total. The van der Waals surface area contributed by atoms with Crippen LogP contribution in [-0.4, -0.2) is 61.0 Å². The van der Waals surface area contributed by atoms with E-state index < -0.39 is 53.5 Å². The van der Waals surface area contributed by atoms with E-state index in [2.05, 4.69) is 19.6 Å². The minimum atomic E-state index is -1.35. The molecule has 1 saturated carbocycles. The quantitative estimate of drug-likeness (QED) is 0.203. The van der Waals surface area contributed by atoms with Gasteiger partial charge < -0.3 is 24.1 Å². The zero-order valence-electron chi connectivity index (χ0n) is 23.5. The van der Waals surface area contributed by atoms with Crippen LogP contribution in [0.1, 0.15) is 67.2 Å². The maximum atomic E-state index is 12.8. The van der Waals surface area contributed by atoms with Crippen LogP contribution >= 0.6 is 0 Å². The van der Waals surface area contributed by atoms with Crippen LogP contribution in [0.2, 0.25) is 0 Å². The second-order valence-corrected chi connectivity index (χ2v) is 10.9. The van der Waals surface area contributed by atoms with Crippen molar-refractivity contribution in [2.24, 2.45) is 22.7 Å². The highest BCUT2D eigenvalue weighted by Gasteiger charge is 2.74. The first-order valence-corrected chi connectivity index (χ1v) is 13.3. The second-order valence-electron chi connectivity index (χ2n) is 10.9. The van der Waals surface area contributed by atoms with Gasteiger partial charge in [-0.25, -0.2) is 0 Å². The van der Waals surface area contributed by atoms with E-state index in [0.717, 1.165) is 5.57 Å². The minimum Gasteiger partial charge on any atom is -0.459 e. The molecule has 212 valence electrons. The smallest absolute Gasteiger partial charge is 0.306 e. The van der Waals surface area contributed by atoms with Crippen molar-refractivity contribution in [3.05, 3.63) is 36.0 Å². The molecule has 38 heavy (non-hydrogen) atoms. The molecule has 9 atom stereocenters. The lowest BCUT2D eigenvalue weighted by molar-refractivity contribution is -0.276. The third-order valence-corrected chi connectivity index (χ3v) is 8.69. The first kappa shape index (κ1) is 30.1. The summed E-state index contributed by atoms with van der Waals surface area (Å²) in [7, 11) is 1.59. The molecular formula is C29H42O9. The summed E-state index contributed by atoms with van der Waals surface area (Å²) in [5.41, 5.74) is -0.516. The van der Waals surface area contributed by atoms with Crippen molar-refractivity contribution >= 4 is 17.9 Å². The average Bonchev–Trinajstić information content (AvgIpc) is 3.15. The van der Waals surface area contributed by atoms with Crippen molar-refractivity contribution in [1.82, 2.24) is 0 Å². The Bertz CT molecular complexity index is 1000. The van der Waals surface area contributed by atoms with Gasteiger partial charge in [0.1, 0.15) is 12.2 Å². The van der Waals surface area contributed by atoms with Crippen LogP contribution < -0.4 is 0 Å². The van der Waals surface area contributed by atoms with Crippen LogP contribution in [0, 0.1) is 22.7 Å². The molecule has 1 aliphatic heterocycles. The van der Waals surface area contributed by atoms with Gasteiger partial charge in [0.25, 0.3) is 0 Å². The third kappa shape index (κ3) is 5.20. The first-order chi connectivity index (χ1) is 17.9. The standard InChI is InChI=1S/C29H42O9/c1-9-11-23(32)37-24-17(4)28(7,13-12-16(3)10-2)22-15-20(34-8)14-21-26(35-18(5)30)38-27(36-19(6)31)29(21,22)25(24)33/h10,12,14,17,20,22,24-27,33H,2,9,11,13,15H2,1,3-8H3/b16-12-/t17-,20+,22+,24-,25+,26+,27-,28-,29-/m1/s1. The Balaban J connectivity index is 2.30. The fourth-order valence-corrected chi connectivity index (χ4v) is 6.55. The fraction of sp³-hybridized carbons (Fsp3) is 0.690. The zero-order valence-corrected chi connectivity index (χ0v) is 23.5. The Kier molecular flexibility index (Phi) is 9.27. The lowest BCUT2D eigenvalue weighted by atomic mass is 9.44. The van der Waals surface area contributed by atoms with E-state index in [0.29, 0.717) is 24.8 Å². The lowest BCUT2D eigenvalue weighted by Gasteiger charge is -2.62. The number of aliphatic hydroxyl groups is 1. The van der Waals surface area contributed by atoms with E-state index in [-0.39, 0.29) is 24.4 Å². The van der Waals surface area contributed by atoms with Gasteiger partial charge in [0.15, 0.2) is 0 Å². The van der Waals surface area contributed by atoms with Crippen LogP contribution in [0.15, 0.2) is 36.0 Å². The van der Waals surface area contributed by atoms with Crippen LogP contribution in [-0.2, 0) is 38.1 Å². The average molecular weight is 535 g/mol. The summed E-state index contributed by atoms with van der Waals surface area (Å²) in [6.45, 7) is 14.3. The predicted molar refractivity (Wildman–Crippen MR) is 138 cm³/mol. The molecule has 2 aliphatic carbocycles. The molecule has 3 rings (SSSR count). The van der Waals surface area contributed by atoms with Crippen LogP contribution in [0.5, 0.6) is 0 Å². The summed E-state index contributed by atoms with van der Waals surface area (Å²) in [5.74, 6) is -2.30. The van der Waals surface area contributed by atoms with Gasteiger partial charge in [0, 0.05) is 38.9 Å². The number of aliphatic hydroxyl groups excluding tert-OH is 1. The Morgan fingerprint density at radius 3 is 2.39 bits per heavy atom. The van der Waals surface area contributed by atoms with Gasteiger partial charge >= 0.3 is 17.9 Å². The monoisotopic (exact) mass is 534 g/mol. The van der Waals surface area contributed by atoms with Crippen LogP contribution in [0.3, 0.4) is 0 Å². The highest BCUT2D eigenvalue weighted by atomic mass is 16.8. The molecular weight excluding hydrogens is 492 g/mol. The Labute approximate surface area is 225 Å². The number of allylic oxidation sites excluding steroid dienone is 3. The Morgan fingerprint density at radius 1 is 1.18 bits per heavy atom. The van der Waals surface area contributed by atoms with Gasteiger partial charge in [-0.05, 0) is 43.6 Å². The molecule has 2 fully saturated rings. The highest BCUT2D eigenvalue weighted by molar-refractivity contribution is 5.70. The van der Waals surface area contributed by atoms with E-state index in [9.17, 15) is 19.5 Å².